The predicted molar refractivity (Wildman–Crippen MR) is 124 cm³/mol. The van der Waals surface area contributed by atoms with Crippen LogP contribution in [0.25, 0.3) is 11.7 Å². The maximum Gasteiger partial charge on any atom is 0.291 e. The van der Waals surface area contributed by atoms with Crippen molar-refractivity contribution in [1.29, 1.82) is 0 Å². The number of aromatic nitrogens is 3. The Morgan fingerprint density at radius 3 is 2.50 bits per heavy atom. The Balaban J connectivity index is 1.66. The number of nitrogens with two attached hydrogens (primary N) is 1. The van der Waals surface area contributed by atoms with Gasteiger partial charge in [-0.1, -0.05) is 13.8 Å². The van der Waals surface area contributed by atoms with Gasteiger partial charge in [-0.15, -0.1) is 0 Å². The molecule has 3 amide bonds. The molecule has 4 N–H and O–H groups in total. The summed E-state index contributed by atoms with van der Waals surface area (Å²) in [5.41, 5.74) is 5.06. The van der Waals surface area contributed by atoms with Crippen LogP contribution in [0.3, 0.4) is 0 Å². The van der Waals surface area contributed by atoms with Crippen molar-refractivity contribution in [2.24, 2.45) is 17.6 Å². The van der Waals surface area contributed by atoms with Crippen LogP contribution in [0.2, 0.25) is 0 Å². The number of piperidine rings is 1. The van der Waals surface area contributed by atoms with E-state index in [1.165, 1.54) is 16.8 Å². The molecule has 1 saturated heterocycles. The lowest BCUT2D eigenvalue weighted by Crippen LogP contribution is -2.41. The molecule has 0 bridgehead atoms. The molecular weight excluding hydrogens is 440 g/mol. The van der Waals surface area contributed by atoms with Crippen LogP contribution in [-0.2, 0) is 16.1 Å². The minimum atomic E-state index is -0.717. The van der Waals surface area contributed by atoms with E-state index in [4.69, 9.17) is 5.73 Å². The van der Waals surface area contributed by atoms with E-state index in [-0.39, 0.29) is 35.3 Å². The van der Waals surface area contributed by atoms with Gasteiger partial charge in [0.2, 0.25) is 17.7 Å². The molecule has 0 unspecified atom stereocenters. The summed E-state index contributed by atoms with van der Waals surface area (Å²) in [5, 5.41) is 17.8. The van der Waals surface area contributed by atoms with Crippen LogP contribution in [0.5, 0.6) is 5.88 Å². The highest BCUT2D eigenvalue weighted by molar-refractivity contribution is 5.97. The summed E-state index contributed by atoms with van der Waals surface area (Å²) in [4.78, 5) is 51.4. The van der Waals surface area contributed by atoms with Crippen LogP contribution in [-0.4, -0.2) is 61.0 Å². The zero-order valence-electron chi connectivity index (χ0n) is 19.4. The standard InChI is InChI=1S/C23H30N6O5/c1-13(2)12-28-21-15(3-6-17(30)27-9-7-14(8-10-27)19(24)31)11-25-29(21)23(34)18(22(28)33)20(32)26-16-4-5-16/h3,6,11,13-14,16,33H,4-5,7-10,12H2,1-2H3,(H2,24,31)(H,26,32)/b6-3+. The van der Waals surface area contributed by atoms with Gasteiger partial charge in [0.15, 0.2) is 5.56 Å². The molecule has 1 aliphatic carbocycles. The van der Waals surface area contributed by atoms with Crippen molar-refractivity contribution in [3.63, 3.8) is 0 Å². The molecule has 3 heterocycles. The monoisotopic (exact) mass is 470 g/mol. The highest BCUT2D eigenvalue weighted by atomic mass is 16.3. The number of hydrogen-bond donors (Lipinski definition) is 3. The maximum absolute atomic E-state index is 13.0. The van der Waals surface area contributed by atoms with Crippen molar-refractivity contribution < 1.29 is 19.5 Å². The van der Waals surface area contributed by atoms with Crippen LogP contribution < -0.4 is 16.6 Å². The molecule has 1 saturated carbocycles. The van der Waals surface area contributed by atoms with Gasteiger partial charge in [0, 0.05) is 43.2 Å². The second kappa shape index (κ2) is 9.32. The second-order valence-corrected chi connectivity index (χ2v) is 9.43. The van der Waals surface area contributed by atoms with Gasteiger partial charge < -0.3 is 21.1 Å². The summed E-state index contributed by atoms with van der Waals surface area (Å²) >= 11 is 0. The lowest BCUT2D eigenvalue weighted by Gasteiger charge is -2.29. The lowest BCUT2D eigenvalue weighted by atomic mass is 9.96. The van der Waals surface area contributed by atoms with Gasteiger partial charge in [0.05, 0.1) is 6.20 Å². The Bertz CT molecular complexity index is 1210. The molecule has 182 valence electrons. The Morgan fingerprint density at radius 1 is 1.24 bits per heavy atom. The highest BCUT2D eigenvalue weighted by Crippen LogP contribution is 2.25. The van der Waals surface area contributed by atoms with Crippen molar-refractivity contribution in [3.05, 3.63) is 33.8 Å². The zero-order chi connectivity index (χ0) is 24.6. The Labute approximate surface area is 196 Å². The fourth-order valence-corrected chi connectivity index (χ4v) is 4.20. The number of rotatable bonds is 7. The third-order valence-corrected chi connectivity index (χ3v) is 6.21. The van der Waals surface area contributed by atoms with E-state index in [0.717, 1.165) is 17.4 Å². The van der Waals surface area contributed by atoms with Crippen LogP contribution >= 0.6 is 0 Å². The van der Waals surface area contributed by atoms with Crippen LogP contribution in [0.15, 0.2) is 17.1 Å². The quantitative estimate of drug-likeness (QED) is 0.501. The summed E-state index contributed by atoms with van der Waals surface area (Å²) in [6, 6.07) is 0.0238. The van der Waals surface area contributed by atoms with Gasteiger partial charge in [0.25, 0.3) is 11.5 Å². The molecule has 0 spiro atoms. The number of carbonyl (C=O) groups is 3. The Morgan fingerprint density at radius 2 is 1.91 bits per heavy atom. The van der Waals surface area contributed by atoms with E-state index in [1.807, 2.05) is 13.8 Å². The molecule has 2 fully saturated rings. The average molecular weight is 471 g/mol. The number of nitrogens with zero attached hydrogens (tertiary/aromatic N) is 4. The number of likely N-dealkylation sites (tertiary alicyclic amines) is 1. The molecule has 11 heteroatoms. The van der Waals surface area contributed by atoms with Crippen molar-refractivity contribution in [2.45, 2.75) is 52.1 Å². The summed E-state index contributed by atoms with van der Waals surface area (Å²) in [5.74, 6) is -1.73. The number of aromatic hydroxyl groups is 1. The minimum absolute atomic E-state index is 0.0238. The molecule has 0 aromatic carbocycles. The number of carbonyl (C=O) groups excluding carboxylic acids is 3. The van der Waals surface area contributed by atoms with E-state index in [9.17, 15) is 24.3 Å². The molecule has 2 aliphatic rings. The largest absolute Gasteiger partial charge is 0.494 e. The van der Waals surface area contributed by atoms with Crippen molar-refractivity contribution in [2.75, 3.05) is 13.1 Å². The third-order valence-electron chi connectivity index (χ3n) is 6.21. The molecule has 2 aromatic heterocycles. The van der Waals surface area contributed by atoms with E-state index in [2.05, 4.69) is 10.4 Å². The first-order chi connectivity index (χ1) is 16.2. The number of hydrogen-bond acceptors (Lipinski definition) is 6. The molecular formula is C23H30N6O5. The van der Waals surface area contributed by atoms with Crippen molar-refractivity contribution in [1.82, 2.24) is 24.4 Å². The van der Waals surface area contributed by atoms with E-state index >= 15 is 0 Å². The van der Waals surface area contributed by atoms with Crippen molar-refractivity contribution in [3.8, 4) is 5.88 Å². The van der Waals surface area contributed by atoms with Crippen LogP contribution in [0.1, 0.15) is 55.5 Å². The highest BCUT2D eigenvalue weighted by Gasteiger charge is 2.30. The Hall–Kier alpha value is -3.63. The van der Waals surface area contributed by atoms with Gasteiger partial charge in [-0.05, 0) is 37.7 Å². The third kappa shape index (κ3) is 4.68. The lowest BCUT2D eigenvalue weighted by molar-refractivity contribution is -0.130. The zero-order valence-corrected chi connectivity index (χ0v) is 19.4. The Kier molecular flexibility index (Phi) is 6.45. The molecule has 0 atom stereocenters. The maximum atomic E-state index is 13.0. The smallest absolute Gasteiger partial charge is 0.291 e. The molecule has 4 rings (SSSR count). The number of amides is 3. The number of fused-ring (bicyclic) bond motifs is 1. The first-order valence-electron chi connectivity index (χ1n) is 11.6. The molecule has 0 radical (unpaired) electrons. The fraction of sp³-hybridized carbons (Fsp3) is 0.522. The van der Waals surface area contributed by atoms with E-state index in [0.29, 0.717) is 43.7 Å². The number of nitrogens with one attached hydrogen (secondary N) is 1. The SMILES string of the molecule is CC(C)Cn1c(O)c(C(=O)NC2CC2)c(=O)n2ncc(/C=C/C(=O)N3CCC(C(N)=O)CC3)c12. The first kappa shape index (κ1) is 23.5. The van der Waals surface area contributed by atoms with Gasteiger partial charge in [-0.2, -0.15) is 9.61 Å². The van der Waals surface area contributed by atoms with Crippen LogP contribution in [0, 0.1) is 11.8 Å². The van der Waals surface area contributed by atoms with Gasteiger partial charge in [0.1, 0.15) is 5.65 Å². The van der Waals surface area contributed by atoms with Gasteiger partial charge >= 0.3 is 0 Å². The minimum Gasteiger partial charge on any atom is -0.494 e. The van der Waals surface area contributed by atoms with Crippen LogP contribution in [0.4, 0.5) is 0 Å². The summed E-state index contributed by atoms with van der Waals surface area (Å²) in [7, 11) is 0. The van der Waals surface area contributed by atoms with E-state index in [1.54, 1.807) is 11.0 Å². The number of primary amides is 1. The summed E-state index contributed by atoms with van der Waals surface area (Å²) in [6.45, 7) is 5.10. The van der Waals surface area contributed by atoms with E-state index < -0.39 is 17.3 Å². The normalized spacial score (nSPS) is 17.1. The molecule has 2 aromatic rings. The average Bonchev–Trinajstić information content (AvgIpc) is 3.50. The van der Waals surface area contributed by atoms with Gasteiger partial charge in [-0.3, -0.25) is 23.7 Å². The summed E-state index contributed by atoms with van der Waals surface area (Å²) < 4.78 is 2.58. The van der Waals surface area contributed by atoms with Crippen molar-refractivity contribution >= 4 is 29.4 Å². The fourth-order valence-electron chi connectivity index (χ4n) is 4.20. The molecule has 1 aliphatic heterocycles. The predicted octanol–water partition coefficient (Wildman–Crippen LogP) is 0.487. The second-order valence-electron chi connectivity index (χ2n) is 9.43. The topological polar surface area (TPSA) is 152 Å². The van der Waals surface area contributed by atoms with Gasteiger partial charge in [-0.25, -0.2) is 0 Å². The first-order valence-corrected chi connectivity index (χ1v) is 11.6. The molecule has 34 heavy (non-hydrogen) atoms. The molecule has 11 nitrogen and oxygen atoms in total. The summed E-state index contributed by atoms with van der Waals surface area (Å²) in [6.07, 6.45) is 7.11.